The summed E-state index contributed by atoms with van der Waals surface area (Å²) < 4.78 is 60.3. The summed E-state index contributed by atoms with van der Waals surface area (Å²) in [7, 11) is 0.648. The standard InChI is InChI=1S/C6H2BrClF3NO4S/c7-2-1-3(17(8,14)15)12-5(13)4(2)16-6(9,10)11/h1H,(H,12,13). The number of ether oxygens (including phenoxy) is 1. The molecule has 0 amide bonds. The molecule has 1 N–H and O–H groups in total. The largest absolute Gasteiger partial charge is 0.573 e. The molecule has 1 heterocycles. The first-order chi connectivity index (χ1) is 7.50. The fourth-order valence-corrected chi connectivity index (χ4v) is 2.20. The number of nitrogens with one attached hydrogen (secondary N) is 1. The lowest BCUT2D eigenvalue weighted by atomic mass is 10.4. The molecule has 0 aliphatic carbocycles. The Hall–Kier alpha value is -0.740. The average Bonchev–Trinajstić information content (AvgIpc) is 2.07. The maximum Gasteiger partial charge on any atom is 0.573 e. The molecule has 96 valence electrons. The summed E-state index contributed by atoms with van der Waals surface area (Å²) in [5, 5.41) is -0.745. The Kier molecular flexibility index (Phi) is 3.79. The third kappa shape index (κ3) is 3.89. The maximum atomic E-state index is 11.9. The van der Waals surface area contributed by atoms with Gasteiger partial charge < -0.3 is 9.72 Å². The summed E-state index contributed by atoms with van der Waals surface area (Å²) >= 11 is 2.57. The van der Waals surface area contributed by atoms with E-state index < -0.39 is 36.2 Å². The molecule has 5 nitrogen and oxygen atoms in total. The van der Waals surface area contributed by atoms with Crippen molar-refractivity contribution in [3.8, 4) is 5.75 Å². The third-order valence-corrected chi connectivity index (χ3v) is 3.23. The van der Waals surface area contributed by atoms with Crippen LogP contribution >= 0.6 is 26.6 Å². The van der Waals surface area contributed by atoms with Gasteiger partial charge in [-0.3, -0.25) is 4.79 Å². The van der Waals surface area contributed by atoms with Crippen LogP contribution in [0.3, 0.4) is 0 Å². The minimum absolute atomic E-state index is 0.488. The Morgan fingerprint density at radius 1 is 1.41 bits per heavy atom. The van der Waals surface area contributed by atoms with Crippen molar-refractivity contribution in [1.82, 2.24) is 4.98 Å². The minimum Gasteiger partial charge on any atom is -0.399 e. The van der Waals surface area contributed by atoms with Crippen molar-refractivity contribution in [2.75, 3.05) is 0 Å². The zero-order chi connectivity index (χ0) is 13.4. The quantitative estimate of drug-likeness (QED) is 0.822. The first-order valence-corrected chi connectivity index (χ1v) is 6.74. The molecule has 0 saturated heterocycles. The number of aromatic nitrogens is 1. The lowest BCUT2D eigenvalue weighted by Crippen LogP contribution is -2.24. The maximum absolute atomic E-state index is 11.9. The van der Waals surface area contributed by atoms with Crippen LogP contribution in [0.4, 0.5) is 13.2 Å². The van der Waals surface area contributed by atoms with Crippen molar-refractivity contribution < 1.29 is 26.3 Å². The molecule has 0 spiro atoms. The van der Waals surface area contributed by atoms with Crippen molar-refractivity contribution in [2.24, 2.45) is 0 Å². The zero-order valence-corrected chi connectivity index (χ0v) is 10.7. The fraction of sp³-hybridized carbons (Fsp3) is 0.167. The van der Waals surface area contributed by atoms with Crippen LogP contribution in [0.5, 0.6) is 5.75 Å². The van der Waals surface area contributed by atoms with E-state index in [1.165, 1.54) is 0 Å². The van der Waals surface area contributed by atoms with Crippen molar-refractivity contribution in [3.63, 3.8) is 0 Å². The van der Waals surface area contributed by atoms with E-state index in [1.54, 1.807) is 4.98 Å². The van der Waals surface area contributed by atoms with E-state index in [0.717, 1.165) is 0 Å². The van der Waals surface area contributed by atoms with Gasteiger partial charge in [0.15, 0.2) is 5.03 Å². The highest BCUT2D eigenvalue weighted by molar-refractivity contribution is 9.10. The monoisotopic (exact) mass is 355 g/mol. The average molecular weight is 357 g/mol. The molecule has 0 aromatic carbocycles. The van der Waals surface area contributed by atoms with Crippen molar-refractivity contribution in [2.45, 2.75) is 11.4 Å². The van der Waals surface area contributed by atoms with Crippen molar-refractivity contribution in [1.29, 1.82) is 0 Å². The summed E-state index contributed by atoms with van der Waals surface area (Å²) in [6.07, 6.45) is -5.07. The number of hydrogen-bond donors (Lipinski definition) is 1. The van der Waals surface area contributed by atoms with Crippen LogP contribution in [0, 0.1) is 0 Å². The number of alkyl halides is 3. The molecule has 1 aromatic rings. The van der Waals surface area contributed by atoms with Crippen LogP contribution in [-0.4, -0.2) is 19.8 Å². The van der Waals surface area contributed by atoms with Crippen LogP contribution in [0.15, 0.2) is 20.4 Å². The molecule has 0 aliphatic rings. The van der Waals surface area contributed by atoms with Gasteiger partial charge in [-0.15, -0.1) is 13.2 Å². The summed E-state index contributed by atoms with van der Waals surface area (Å²) in [6, 6.07) is 0.685. The normalized spacial score (nSPS) is 12.5. The molecule has 0 unspecified atom stereocenters. The zero-order valence-electron chi connectivity index (χ0n) is 7.51. The first-order valence-electron chi connectivity index (χ1n) is 3.64. The van der Waals surface area contributed by atoms with Gasteiger partial charge in [0, 0.05) is 10.7 Å². The molecule has 11 heteroatoms. The van der Waals surface area contributed by atoms with Crippen LogP contribution in [0.25, 0.3) is 0 Å². The number of aromatic amines is 1. The molecular weight excluding hydrogens is 354 g/mol. The molecule has 0 bridgehead atoms. The Labute approximate surface area is 105 Å². The third-order valence-electron chi connectivity index (χ3n) is 1.40. The summed E-state index contributed by atoms with van der Waals surface area (Å²) in [5.41, 5.74) is -1.38. The van der Waals surface area contributed by atoms with Crippen molar-refractivity contribution >= 4 is 35.7 Å². The summed E-state index contributed by atoms with van der Waals surface area (Å²) in [5.74, 6) is -1.11. The molecular formula is C6H2BrClF3NO4S. The van der Waals surface area contributed by atoms with E-state index in [-0.39, 0.29) is 0 Å². The Morgan fingerprint density at radius 2 is 1.94 bits per heavy atom. The second-order valence-corrected chi connectivity index (χ2v) is 6.01. The van der Waals surface area contributed by atoms with Gasteiger partial charge in [-0.05, 0) is 22.0 Å². The van der Waals surface area contributed by atoms with E-state index in [1.807, 2.05) is 0 Å². The van der Waals surface area contributed by atoms with Gasteiger partial charge in [-0.1, -0.05) is 0 Å². The second-order valence-electron chi connectivity index (χ2n) is 2.63. The van der Waals surface area contributed by atoms with E-state index in [0.29, 0.717) is 6.07 Å². The molecule has 1 aromatic heterocycles. The highest BCUT2D eigenvalue weighted by Crippen LogP contribution is 2.28. The number of rotatable bonds is 2. The Morgan fingerprint density at radius 3 is 2.29 bits per heavy atom. The highest BCUT2D eigenvalue weighted by atomic mass is 79.9. The minimum atomic E-state index is -5.07. The molecule has 0 atom stereocenters. The Bertz CT molecular complexity index is 596. The van der Waals surface area contributed by atoms with E-state index in [9.17, 15) is 26.4 Å². The van der Waals surface area contributed by atoms with Crippen LogP contribution < -0.4 is 10.3 Å². The van der Waals surface area contributed by atoms with Crippen LogP contribution in [0.2, 0.25) is 0 Å². The van der Waals surface area contributed by atoms with Gasteiger partial charge in [-0.25, -0.2) is 8.42 Å². The van der Waals surface area contributed by atoms with E-state index in [4.69, 9.17) is 10.7 Å². The predicted molar refractivity (Wildman–Crippen MR) is 54.5 cm³/mol. The highest BCUT2D eigenvalue weighted by Gasteiger charge is 2.33. The number of pyridine rings is 1. The number of halogens is 5. The molecule has 0 aliphatic heterocycles. The number of hydrogen-bond acceptors (Lipinski definition) is 4. The van der Waals surface area contributed by atoms with Crippen molar-refractivity contribution in [3.05, 3.63) is 20.9 Å². The predicted octanol–water partition coefficient (Wildman–Crippen LogP) is 1.96. The Balaban J connectivity index is 3.36. The van der Waals surface area contributed by atoms with Gasteiger partial charge in [0.2, 0.25) is 5.75 Å². The van der Waals surface area contributed by atoms with Gasteiger partial charge >= 0.3 is 6.36 Å². The molecule has 0 saturated carbocycles. The lowest BCUT2D eigenvalue weighted by Gasteiger charge is -2.09. The fourth-order valence-electron chi connectivity index (χ4n) is 0.836. The molecule has 17 heavy (non-hydrogen) atoms. The summed E-state index contributed by atoms with van der Waals surface area (Å²) in [6.45, 7) is 0. The lowest BCUT2D eigenvalue weighted by molar-refractivity contribution is -0.275. The topological polar surface area (TPSA) is 76.2 Å². The van der Waals surface area contributed by atoms with Crippen LogP contribution in [0.1, 0.15) is 0 Å². The van der Waals surface area contributed by atoms with Gasteiger partial charge in [0.1, 0.15) is 0 Å². The smallest absolute Gasteiger partial charge is 0.399 e. The van der Waals surface area contributed by atoms with Gasteiger partial charge in [0.05, 0.1) is 4.47 Å². The molecule has 0 fully saturated rings. The number of H-pyrrole nitrogens is 1. The van der Waals surface area contributed by atoms with Gasteiger partial charge in [0.25, 0.3) is 14.6 Å². The van der Waals surface area contributed by atoms with E-state index in [2.05, 4.69) is 20.7 Å². The molecule has 1 rings (SSSR count). The SMILES string of the molecule is O=c1[nH]c(S(=O)(=O)Cl)cc(Br)c1OC(F)(F)F. The summed E-state index contributed by atoms with van der Waals surface area (Å²) in [4.78, 5) is 12.8. The molecule has 0 radical (unpaired) electrons. The first kappa shape index (κ1) is 14.3. The van der Waals surface area contributed by atoms with Crippen LogP contribution in [-0.2, 0) is 9.05 Å². The second kappa shape index (κ2) is 4.50. The van der Waals surface area contributed by atoms with E-state index >= 15 is 0 Å². The van der Waals surface area contributed by atoms with Gasteiger partial charge in [-0.2, -0.15) is 0 Å².